The van der Waals surface area contributed by atoms with E-state index in [1.165, 1.54) is 0 Å². The average molecular weight is 240 g/mol. The Morgan fingerprint density at radius 3 is 2.78 bits per heavy atom. The zero-order chi connectivity index (χ0) is 11.8. The van der Waals surface area contributed by atoms with Crippen LogP contribution in [-0.4, -0.2) is 21.1 Å². The Labute approximate surface area is 107 Å². The Bertz CT molecular complexity index is 691. The SMILES string of the molecule is B.Cc1ccc2c(c1)oc1cccc(OBO)c12. The molecule has 90 valence electrons. The number of benzene rings is 2. The fraction of sp³-hybridized carbons (Fsp3) is 0.0769. The van der Waals surface area contributed by atoms with Gasteiger partial charge in [0.05, 0.1) is 13.8 Å². The van der Waals surface area contributed by atoms with Crippen molar-refractivity contribution in [2.75, 3.05) is 0 Å². The molecule has 0 aliphatic rings. The van der Waals surface area contributed by atoms with Crippen LogP contribution < -0.4 is 4.65 Å². The molecule has 1 N–H and O–H groups in total. The van der Waals surface area contributed by atoms with Crippen molar-refractivity contribution in [3.63, 3.8) is 0 Å². The first kappa shape index (κ1) is 12.6. The van der Waals surface area contributed by atoms with Crippen molar-refractivity contribution in [1.82, 2.24) is 0 Å². The van der Waals surface area contributed by atoms with Gasteiger partial charge in [0, 0.05) is 5.39 Å². The highest BCUT2D eigenvalue weighted by atomic mass is 16.5. The minimum atomic E-state index is -0.336. The molecular formula is C13H14B2O3. The highest BCUT2D eigenvalue weighted by molar-refractivity contribution is 6.19. The first-order chi connectivity index (χ1) is 8.29. The van der Waals surface area contributed by atoms with Crippen LogP contribution in [0.2, 0.25) is 0 Å². The van der Waals surface area contributed by atoms with Crippen molar-refractivity contribution in [2.45, 2.75) is 6.92 Å². The number of hydrogen-bond donors (Lipinski definition) is 1. The van der Waals surface area contributed by atoms with Crippen molar-refractivity contribution in [3.05, 3.63) is 42.0 Å². The van der Waals surface area contributed by atoms with Crippen LogP contribution in [0.15, 0.2) is 40.8 Å². The standard InChI is InChI=1S/C13H11BO3.BH3/c1-8-5-6-9-12(7-8)16-10-3-2-4-11(13(9)10)17-14-15;/h2-7,14-15H,1H3;1H3. The second-order valence-corrected chi connectivity index (χ2v) is 4.00. The van der Waals surface area contributed by atoms with Crippen LogP contribution in [0.25, 0.3) is 21.9 Å². The minimum absolute atomic E-state index is 0. The van der Waals surface area contributed by atoms with Crippen LogP contribution in [-0.2, 0) is 0 Å². The molecule has 0 bridgehead atoms. The Morgan fingerprint density at radius 1 is 1.17 bits per heavy atom. The van der Waals surface area contributed by atoms with Gasteiger partial charge in [0.1, 0.15) is 16.9 Å². The largest absolute Gasteiger partial charge is 0.538 e. The summed E-state index contributed by atoms with van der Waals surface area (Å²) in [6, 6.07) is 11.6. The van der Waals surface area contributed by atoms with E-state index in [-0.39, 0.29) is 16.1 Å². The molecule has 3 aromatic rings. The van der Waals surface area contributed by atoms with E-state index in [1.807, 2.05) is 43.3 Å². The molecule has 1 heterocycles. The summed E-state index contributed by atoms with van der Waals surface area (Å²) in [7, 11) is -0.336. The van der Waals surface area contributed by atoms with Crippen molar-refractivity contribution < 1.29 is 14.1 Å². The average Bonchev–Trinajstić information content (AvgIpc) is 2.67. The molecular weight excluding hydrogens is 226 g/mol. The normalized spacial score (nSPS) is 10.3. The van der Waals surface area contributed by atoms with Crippen LogP contribution in [0.3, 0.4) is 0 Å². The Morgan fingerprint density at radius 2 is 2.00 bits per heavy atom. The van der Waals surface area contributed by atoms with E-state index in [0.717, 1.165) is 27.5 Å². The molecule has 0 fully saturated rings. The molecule has 0 atom stereocenters. The third-order valence-corrected chi connectivity index (χ3v) is 2.83. The molecule has 0 radical (unpaired) electrons. The predicted octanol–water partition coefficient (Wildman–Crippen LogP) is 1.35. The molecule has 2 aromatic carbocycles. The van der Waals surface area contributed by atoms with Gasteiger partial charge >= 0.3 is 7.69 Å². The molecule has 0 amide bonds. The van der Waals surface area contributed by atoms with Gasteiger partial charge in [0.2, 0.25) is 0 Å². The van der Waals surface area contributed by atoms with Crippen molar-refractivity contribution in [2.24, 2.45) is 0 Å². The lowest BCUT2D eigenvalue weighted by atomic mass is 10.1. The maximum atomic E-state index is 8.88. The minimum Gasteiger partial charge on any atom is -0.538 e. The molecule has 18 heavy (non-hydrogen) atoms. The summed E-state index contributed by atoms with van der Waals surface area (Å²) in [6.45, 7) is 2.03. The lowest BCUT2D eigenvalue weighted by Gasteiger charge is -2.02. The summed E-state index contributed by atoms with van der Waals surface area (Å²) in [4.78, 5) is 0. The van der Waals surface area contributed by atoms with Gasteiger partial charge in [0.15, 0.2) is 0 Å². The first-order valence-electron chi connectivity index (χ1n) is 5.45. The van der Waals surface area contributed by atoms with Crippen LogP contribution in [0.4, 0.5) is 0 Å². The lowest BCUT2D eigenvalue weighted by molar-refractivity contribution is 0.456. The van der Waals surface area contributed by atoms with E-state index in [4.69, 9.17) is 14.1 Å². The quantitative estimate of drug-likeness (QED) is 0.687. The molecule has 3 nitrogen and oxygen atoms in total. The van der Waals surface area contributed by atoms with Crippen molar-refractivity contribution in [3.8, 4) is 5.75 Å². The molecule has 5 heteroatoms. The molecule has 0 spiro atoms. The zero-order valence-corrected chi connectivity index (χ0v) is 9.43. The van der Waals surface area contributed by atoms with Gasteiger partial charge in [-0.2, -0.15) is 0 Å². The van der Waals surface area contributed by atoms with Gasteiger partial charge in [0.25, 0.3) is 0 Å². The molecule has 0 aliphatic carbocycles. The van der Waals surface area contributed by atoms with Gasteiger partial charge in [-0.3, -0.25) is 0 Å². The topological polar surface area (TPSA) is 42.6 Å². The molecule has 0 unspecified atom stereocenters. The van der Waals surface area contributed by atoms with E-state index in [9.17, 15) is 0 Å². The summed E-state index contributed by atoms with van der Waals surface area (Å²) in [6.07, 6.45) is 0. The summed E-state index contributed by atoms with van der Waals surface area (Å²) >= 11 is 0. The third-order valence-electron chi connectivity index (χ3n) is 2.83. The van der Waals surface area contributed by atoms with Crippen LogP contribution in [0, 0.1) is 6.92 Å². The van der Waals surface area contributed by atoms with E-state index in [2.05, 4.69) is 0 Å². The van der Waals surface area contributed by atoms with E-state index >= 15 is 0 Å². The van der Waals surface area contributed by atoms with Gasteiger partial charge in [-0.05, 0) is 30.7 Å². The number of fused-ring (bicyclic) bond motifs is 3. The molecule has 0 aliphatic heterocycles. The summed E-state index contributed by atoms with van der Waals surface area (Å²) in [5, 5.41) is 10.8. The highest BCUT2D eigenvalue weighted by Gasteiger charge is 2.11. The van der Waals surface area contributed by atoms with E-state index in [1.54, 1.807) is 0 Å². The van der Waals surface area contributed by atoms with E-state index < -0.39 is 0 Å². The van der Waals surface area contributed by atoms with Crippen LogP contribution >= 0.6 is 0 Å². The van der Waals surface area contributed by atoms with Gasteiger partial charge in [-0.1, -0.05) is 18.2 Å². The fourth-order valence-electron chi connectivity index (χ4n) is 2.09. The number of hydrogen-bond acceptors (Lipinski definition) is 3. The Kier molecular flexibility index (Phi) is 3.34. The van der Waals surface area contributed by atoms with Crippen molar-refractivity contribution in [1.29, 1.82) is 0 Å². The summed E-state index contributed by atoms with van der Waals surface area (Å²) < 4.78 is 11.0. The Balaban J connectivity index is 0.00000120. The predicted molar refractivity (Wildman–Crippen MR) is 78.4 cm³/mol. The monoisotopic (exact) mass is 240 g/mol. The van der Waals surface area contributed by atoms with E-state index in [0.29, 0.717) is 5.75 Å². The van der Waals surface area contributed by atoms with Gasteiger partial charge < -0.3 is 14.1 Å². The highest BCUT2D eigenvalue weighted by Crippen LogP contribution is 2.35. The molecule has 0 saturated heterocycles. The van der Waals surface area contributed by atoms with Crippen LogP contribution in [0.1, 0.15) is 5.56 Å². The Hall–Kier alpha value is -1.87. The second-order valence-electron chi connectivity index (χ2n) is 4.00. The second kappa shape index (κ2) is 4.78. The maximum absolute atomic E-state index is 8.88. The molecule has 0 saturated carbocycles. The van der Waals surface area contributed by atoms with Crippen molar-refractivity contribution >= 4 is 38.0 Å². The summed E-state index contributed by atoms with van der Waals surface area (Å²) in [5.74, 6) is 0.646. The van der Waals surface area contributed by atoms with Gasteiger partial charge in [-0.15, -0.1) is 0 Å². The number of aryl methyl sites for hydroxylation is 1. The van der Waals surface area contributed by atoms with Gasteiger partial charge in [-0.25, -0.2) is 0 Å². The molecule has 3 rings (SSSR count). The maximum Gasteiger partial charge on any atom is 0.504 e. The zero-order valence-electron chi connectivity index (χ0n) is 9.43. The summed E-state index contributed by atoms with van der Waals surface area (Å²) in [5.41, 5.74) is 2.77. The third kappa shape index (κ3) is 1.87. The number of rotatable bonds is 2. The number of furan rings is 1. The van der Waals surface area contributed by atoms with Crippen LogP contribution in [0.5, 0.6) is 5.75 Å². The first-order valence-corrected chi connectivity index (χ1v) is 5.45. The molecule has 1 aromatic heterocycles. The smallest absolute Gasteiger partial charge is 0.504 e. The fourth-order valence-corrected chi connectivity index (χ4v) is 2.09. The lowest BCUT2D eigenvalue weighted by Crippen LogP contribution is -1.99.